The first-order valence-electron chi connectivity index (χ1n) is 8.27. The van der Waals surface area contributed by atoms with Crippen LogP contribution in [-0.4, -0.2) is 22.7 Å². The van der Waals surface area contributed by atoms with E-state index >= 15 is 0 Å². The first-order chi connectivity index (χ1) is 12.9. The van der Waals surface area contributed by atoms with Gasteiger partial charge in [-0.1, -0.05) is 18.2 Å². The number of carbonyl (C=O) groups is 3. The fourth-order valence-corrected chi connectivity index (χ4v) is 2.65. The molecule has 7 nitrogen and oxygen atoms in total. The number of nitrogens with one attached hydrogen (secondary N) is 3. The lowest BCUT2D eigenvalue weighted by Crippen LogP contribution is -2.15. The Labute approximate surface area is 155 Å². The lowest BCUT2D eigenvalue weighted by Gasteiger charge is -2.11. The standard InChI is InChI=1S/C20H18N4O3/c1-12(25)22-16-8-15(9-17(10-16)23-13(2)26)20(27)24-18-7-14-5-3-4-6-19(14)21-11-18/h3-11H,1-2H3,(H,22,25)(H,23,26)(H,24,27). The third-order valence-electron chi connectivity index (χ3n) is 3.68. The fourth-order valence-electron chi connectivity index (χ4n) is 2.65. The SMILES string of the molecule is CC(=O)Nc1cc(NC(C)=O)cc(C(=O)Nc2cnc3ccccc3c2)c1. The van der Waals surface area contributed by atoms with Crippen molar-refractivity contribution in [2.45, 2.75) is 13.8 Å². The Morgan fingerprint density at radius 2 is 1.41 bits per heavy atom. The number of fused-ring (bicyclic) bond motifs is 1. The zero-order valence-electron chi connectivity index (χ0n) is 14.9. The molecule has 3 N–H and O–H groups in total. The van der Waals surface area contributed by atoms with Gasteiger partial charge in [0.2, 0.25) is 11.8 Å². The molecule has 0 atom stereocenters. The van der Waals surface area contributed by atoms with Crippen molar-refractivity contribution >= 4 is 45.7 Å². The van der Waals surface area contributed by atoms with Gasteiger partial charge in [-0.05, 0) is 30.3 Å². The van der Waals surface area contributed by atoms with Gasteiger partial charge in [-0.15, -0.1) is 0 Å². The molecule has 0 radical (unpaired) electrons. The van der Waals surface area contributed by atoms with Crippen LogP contribution in [0.5, 0.6) is 0 Å². The Hall–Kier alpha value is -3.74. The van der Waals surface area contributed by atoms with E-state index in [0.717, 1.165) is 10.9 Å². The Morgan fingerprint density at radius 1 is 0.778 bits per heavy atom. The normalized spacial score (nSPS) is 10.3. The molecule has 0 aliphatic rings. The van der Waals surface area contributed by atoms with Gasteiger partial charge in [-0.2, -0.15) is 0 Å². The molecule has 2 aromatic carbocycles. The Bertz CT molecular complexity index is 1010. The van der Waals surface area contributed by atoms with Crippen molar-refractivity contribution < 1.29 is 14.4 Å². The van der Waals surface area contributed by atoms with E-state index in [2.05, 4.69) is 20.9 Å². The van der Waals surface area contributed by atoms with Crippen molar-refractivity contribution in [3.8, 4) is 0 Å². The summed E-state index contributed by atoms with van der Waals surface area (Å²) in [5.74, 6) is -0.939. The summed E-state index contributed by atoms with van der Waals surface area (Å²) in [6.07, 6.45) is 1.58. The predicted octanol–water partition coefficient (Wildman–Crippen LogP) is 3.40. The van der Waals surface area contributed by atoms with Crippen LogP contribution in [-0.2, 0) is 9.59 Å². The lowest BCUT2D eigenvalue weighted by molar-refractivity contribution is -0.115. The summed E-state index contributed by atoms with van der Waals surface area (Å²) in [5, 5.41) is 8.93. The van der Waals surface area contributed by atoms with Crippen LogP contribution in [0, 0.1) is 0 Å². The summed E-state index contributed by atoms with van der Waals surface area (Å²) < 4.78 is 0. The molecule has 0 saturated heterocycles. The minimum absolute atomic E-state index is 0.278. The molecule has 3 rings (SSSR count). The van der Waals surface area contributed by atoms with E-state index in [1.165, 1.54) is 26.0 Å². The molecule has 27 heavy (non-hydrogen) atoms. The summed E-state index contributed by atoms with van der Waals surface area (Å²) >= 11 is 0. The van der Waals surface area contributed by atoms with Crippen LogP contribution in [0.15, 0.2) is 54.7 Å². The number of anilines is 3. The summed E-state index contributed by atoms with van der Waals surface area (Å²) in [5.41, 5.74) is 2.49. The third kappa shape index (κ3) is 4.66. The first kappa shape index (κ1) is 18.1. The minimum Gasteiger partial charge on any atom is -0.326 e. The first-order valence-corrected chi connectivity index (χ1v) is 8.27. The van der Waals surface area contributed by atoms with Crippen molar-refractivity contribution in [1.29, 1.82) is 0 Å². The van der Waals surface area contributed by atoms with E-state index in [1.807, 2.05) is 30.3 Å². The molecule has 0 aliphatic carbocycles. The second-order valence-corrected chi connectivity index (χ2v) is 6.03. The predicted molar refractivity (Wildman–Crippen MR) is 105 cm³/mol. The van der Waals surface area contributed by atoms with Gasteiger partial charge in [0.15, 0.2) is 0 Å². The molecule has 0 unspecified atom stereocenters. The molecule has 0 bridgehead atoms. The molecule has 0 saturated carbocycles. The van der Waals surface area contributed by atoms with Crippen LogP contribution in [0.1, 0.15) is 24.2 Å². The summed E-state index contributed by atoms with van der Waals surface area (Å²) in [4.78, 5) is 39.6. The van der Waals surface area contributed by atoms with E-state index < -0.39 is 0 Å². The summed E-state index contributed by atoms with van der Waals surface area (Å²) in [7, 11) is 0. The molecule has 3 amide bonds. The van der Waals surface area contributed by atoms with Crippen LogP contribution in [0.3, 0.4) is 0 Å². The molecule has 136 valence electrons. The van der Waals surface area contributed by atoms with Crippen LogP contribution in [0.2, 0.25) is 0 Å². The number of para-hydroxylation sites is 1. The quantitative estimate of drug-likeness (QED) is 0.662. The highest BCUT2D eigenvalue weighted by Gasteiger charge is 2.11. The maximum atomic E-state index is 12.7. The second-order valence-electron chi connectivity index (χ2n) is 6.03. The molecule has 1 aromatic heterocycles. The zero-order valence-corrected chi connectivity index (χ0v) is 14.9. The Kier molecular flexibility index (Phi) is 5.12. The maximum Gasteiger partial charge on any atom is 0.255 e. The maximum absolute atomic E-state index is 12.7. The smallest absolute Gasteiger partial charge is 0.255 e. The van der Waals surface area contributed by atoms with E-state index in [0.29, 0.717) is 17.1 Å². The number of pyridine rings is 1. The molecule has 1 heterocycles. The van der Waals surface area contributed by atoms with Crippen molar-refractivity contribution in [3.05, 3.63) is 60.3 Å². The minimum atomic E-state index is -0.383. The van der Waals surface area contributed by atoms with Gasteiger partial charge in [0, 0.05) is 36.2 Å². The van der Waals surface area contributed by atoms with E-state index in [4.69, 9.17) is 0 Å². The molecule has 0 aliphatic heterocycles. The van der Waals surface area contributed by atoms with Gasteiger partial charge in [-0.25, -0.2) is 0 Å². The van der Waals surface area contributed by atoms with Gasteiger partial charge in [0.05, 0.1) is 17.4 Å². The van der Waals surface area contributed by atoms with Crippen LogP contribution < -0.4 is 16.0 Å². The van der Waals surface area contributed by atoms with Crippen LogP contribution in [0.4, 0.5) is 17.1 Å². The Morgan fingerprint density at radius 3 is 2.04 bits per heavy atom. The van der Waals surface area contributed by atoms with Gasteiger partial charge >= 0.3 is 0 Å². The van der Waals surface area contributed by atoms with Crippen molar-refractivity contribution in [2.24, 2.45) is 0 Å². The van der Waals surface area contributed by atoms with Gasteiger partial charge in [0.1, 0.15) is 0 Å². The average Bonchev–Trinajstić information content (AvgIpc) is 2.60. The molecule has 3 aromatic rings. The van der Waals surface area contributed by atoms with Crippen molar-refractivity contribution in [1.82, 2.24) is 4.98 Å². The molecule has 0 fully saturated rings. The third-order valence-corrected chi connectivity index (χ3v) is 3.68. The second kappa shape index (κ2) is 7.65. The molecular weight excluding hydrogens is 344 g/mol. The number of hydrogen-bond donors (Lipinski definition) is 3. The van der Waals surface area contributed by atoms with E-state index in [9.17, 15) is 14.4 Å². The highest BCUT2D eigenvalue weighted by molar-refractivity contribution is 6.07. The number of benzene rings is 2. The number of hydrogen-bond acceptors (Lipinski definition) is 4. The lowest BCUT2D eigenvalue weighted by atomic mass is 10.1. The molecule has 0 spiro atoms. The number of rotatable bonds is 4. The van der Waals surface area contributed by atoms with Crippen LogP contribution in [0.25, 0.3) is 10.9 Å². The Balaban J connectivity index is 1.89. The summed E-state index contributed by atoms with van der Waals surface area (Å²) in [6, 6.07) is 14.1. The topological polar surface area (TPSA) is 100 Å². The molecular formula is C20H18N4O3. The zero-order chi connectivity index (χ0) is 19.4. The number of aromatic nitrogens is 1. The average molecular weight is 362 g/mol. The van der Waals surface area contributed by atoms with E-state index in [-0.39, 0.29) is 23.3 Å². The van der Waals surface area contributed by atoms with Gasteiger partial charge < -0.3 is 16.0 Å². The van der Waals surface area contributed by atoms with Gasteiger partial charge in [0.25, 0.3) is 5.91 Å². The number of carbonyl (C=O) groups excluding carboxylic acids is 3. The van der Waals surface area contributed by atoms with Crippen molar-refractivity contribution in [2.75, 3.05) is 16.0 Å². The number of nitrogens with zero attached hydrogens (tertiary/aromatic N) is 1. The van der Waals surface area contributed by atoms with Gasteiger partial charge in [-0.3, -0.25) is 19.4 Å². The highest BCUT2D eigenvalue weighted by atomic mass is 16.2. The molecule has 7 heteroatoms. The number of amides is 3. The van der Waals surface area contributed by atoms with E-state index in [1.54, 1.807) is 12.3 Å². The van der Waals surface area contributed by atoms with Crippen molar-refractivity contribution in [3.63, 3.8) is 0 Å². The monoisotopic (exact) mass is 362 g/mol. The fraction of sp³-hybridized carbons (Fsp3) is 0.100. The summed E-state index contributed by atoms with van der Waals surface area (Å²) in [6.45, 7) is 2.73. The van der Waals surface area contributed by atoms with Crippen LogP contribution >= 0.6 is 0 Å². The highest BCUT2D eigenvalue weighted by Crippen LogP contribution is 2.21. The largest absolute Gasteiger partial charge is 0.326 e.